The standard InChI is InChI=1S/C14H20ClN3/c1-10-7-12(5-6-13(10)15)9-18-14(16)17-8-11-3-2-4-11/h5-7,11H,2-4,8-9H2,1H3,(H3,16,17,18). The smallest absolute Gasteiger partial charge is 0.188 e. The van der Waals surface area contributed by atoms with Crippen molar-refractivity contribution < 1.29 is 0 Å². The highest BCUT2D eigenvalue weighted by molar-refractivity contribution is 6.31. The summed E-state index contributed by atoms with van der Waals surface area (Å²) in [4.78, 5) is 4.34. The molecule has 0 atom stereocenters. The largest absolute Gasteiger partial charge is 0.370 e. The second-order valence-electron chi connectivity index (χ2n) is 4.96. The van der Waals surface area contributed by atoms with E-state index in [2.05, 4.69) is 10.3 Å². The number of nitrogens with zero attached hydrogens (tertiary/aromatic N) is 1. The zero-order chi connectivity index (χ0) is 13.0. The molecule has 0 radical (unpaired) electrons. The second kappa shape index (κ2) is 6.10. The summed E-state index contributed by atoms with van der Waals surface area (Å²) >= 11 is 5.98. The van der Waals surface area contributed by atoms with E-state index in [1.165, 1.54) is 19.3 Å². The fraction of sp³-hybridized carbons (Fsp3) is 0.500. The van der Waals surface area contributed by atoms with Crippen molar-refractivity contribution in [3.05, 3.63) is 34.3 Å². The maximum atomic E-state index is 5.98. The number of nitrogens with two attached hydrogens (primary N) is 1. The van der Waals surface area contributed by atoms with E-state index in [0.29, 0.717) is 12.5 Å². The number of aryl methyl sites for hydroxylation is 1. The summed E-state index contributed by atoms with van der Waals surface area (Å²) in [5.74, 6) is 1.33. The van der Waals surface area contributed by atoms with Gasteiger partial charge in [0.1, 0.15) is 0 Å². The third-order valence-electron chi connectivity index (χ3n) is 3.45. The van der Waals surface area contributed by atoms with Crippen molar-refractivity contribution in [2.75, 3.05) is 6.54 Å². The molecule has 1 aliphatic carbocycles. The summed E-state index contributed by atoms with van der Waals surface area (Å²) in [6.07, 6.45) is 3.99. The number of nitrogens with one attached hydrogen (secondary N) is 1. The van der Waals surface area contributed by atoms with Crippen LogP contribution in [0, 0.1) is 12.8 Å². The van der Waals surface area contributed by atoms with E-state index in [1.54, 1.807) is 0 Å². The number of benzene rings is 1. The number of guanidine groups is 1. The molecule has 4 heteroatoms. The SMILES string of the molecule is Cc1cc(CN=C(N)NCC2CCC2)ccc1Cl. The van der Waals surface area contributed by atoms with Crippen molar-refractivity contribution in [2.45, 2.75) is 32.7 Å². The van der Waals surface area contributed by atoms with Crippen LogP contribution in [-0.2, 0) is 6.54 Å². The van der Waals surface area contributed by atoms with Crippen molar-refractivity contribution in [3.63, 3.8) is 0 Å². The molecule has 0 aromatic heterocycles. The lowest BCUT2D eigenvalue weighted by molar-refractivity contribution is 0.315. The van der Waals surface area contributed by atoms with Gasteiger partial charge in [0.15, 0.2) is 5.96 Å². The van der Waals surface area contributed by atoms with Gasteiger partial charge in [-0.3, -0.25) is 0 Å². The minimum absolute atomic E-state index is 0.537. The van der Waals surface area contributed by atoms with Crippen LogP contribution >= 0.6 is 11.6 Å². The zero-order valence-electron chi connectivity index (χ0n) is 10.7. The summed E-state index contributed by atoms with van der Waals surface area (Å²) in [5, 5.41) is 3.97. The van der Waals surface area contributed by atoms with Crippen molar-refractivity contribution in [3.8, 4) is 0 Å². The van der Waals surface area contributed by atoms with Crippen LogP contribution in [0.15, 0.2) is 23.2 Å². The van der Waals surface area contributed by atoms with E-state index in [-0.39, 0.29) is 0 Å². The molecular formula is C14H20ClN3. The van der Waals surface area contributed by atoms with Crippen LogP contribution in [0.2, 0.25) is 5.02 Å². The third kappa shape index (κ3) is 3.64. The number of halogens is 1. The lowest BCUT2D eigenvalue weighted by Crippen LogP contribution is -2.37. The van der Waals surface area contributed by atoms with Gasteiger partial charge in [0.25, 0.3) is 0 Å². The number of rotatable bonds is 4. The van der Waals surface area contributed by atoms with Crippen LogP contribution in [0.25, 0.3) is 0 Å². The Kier molecular flexibility index (Phi) is 4.48. The van der Waals surface area contributed by atoms with Gasteiger partial charge < -0.3 is 11.1 Å². The van der Waals surface area contributed by atoms with Gasteiger partial charge in [-0.15, -0.1) is 0 Å². The maximum Gasteiger partial charge on any atom is 0.188 e. The molecule has 0 heterocycles. The normalized spacial score (nSPS) is 16.4. The van der Waals surface area contributed by atoms with E-state index in [4.69, 9.17) is 17.3 Å². The van der Waals surface area contributed by atoms with Gasteiger partial charge in [-0.05, 0) is 42.9 Å². The monoisotopic (exact) mass is 265 g/mol. The highest BCUT2D eigenvalue weighted by Crippen LogP contribution is 2.25. The van der Waals surface area contributed by atoms with E-state index in [0.717, 1.165) is 28.6 Å². The average molecular weight is 266 g/mol. The molecule has 0 saturated heterocycles. The van der Waals surface area contributed by atoms with E-state index < -0.39 is 0 Å². The molecule has 0 spiro atoms. The molecule has 1 fully saturated rings. The highest BCUT2D eigenvalue weighted by atomic mass is 35.5. The van der Waals surface area contributed by atoms with Crippen LogP contribution in [0.4, 0.5) is 0 Å². The molecule has 2 rings (SSSR count). The molecule has 18 heavy (non-hydrogen) atoms. The third-order valence-corrected chi connectivity index (χ3v) is 3.88. The average Bonchev–Trinajstić information content (AvgIpc) is 2.29. The topological polar surface area (TPSA) is 50.4 Å². The highest BCUT2D eigenvalue weighted by Gasteiger charge is 2.16. The summed E-state index contributed by atoms with van der Waals surface area (Å²) in [6.45, 7) is 3.55. The van der Waals surface area contributed by atoms with Gasteiger partial charge in [0.2, 0.25) is 0 Å². The van der Waals surface area contributed by atoms with E-state index in [1.807, 2.05) is 25.1 Å². The first kappa shape index (κ1) is 13.2. The molecule has 0 aliphatic heterocycles. The summed E-state index contributed by atoms with van der Waals surface area (Å²) in [7, 11) is 0. The molecule has 0 amide bonds. The van der Waals surface area contributed by atoms with Gasteiger partial charge in [-0.25, -0.2) is 4.99 Å². The lowest BCUT2D eigenvalue weighted by Gasteiger charge is -2.25. The minimum atomic E-state index is 0.537. The number of hydrogen-bond acceptors (Lipinski definition) is 1. The van der Waals surface area contributed by atoms with Gasteiger partial charge >= 0.3 is 0 Å². The summed E-state index contributed by atoms with van der Waals surface area (Å²) < 4.78 is 0. The van der Waals surface area contributed by atoms with Crippen LogP contribution in [-0.4, -0.2) is 12.5 Å². The molecule has 3 N–H and O–H groups in total. The number of aliphatic imine (C=N–C) groups is 1. The Morgan fingerprint density at radius 1 is 1.50 bits per heavy atom. The van der Waals surface area contributed by atoms with Gasteiger partial charge in [0, 0.05) is 11.6 Å². The Hall–Kier alpha value is -1.22. The predicted molar refractivity (Wildman–Crippen MR) is 76.9 cm³/mol. The molecule has 1 aromatic rings. The van der Waals surface area contributed by atoms with Gasteiger partial charge in [-0.1, -0.05) is 30.2 Å². The summed E-state index contributed by atoms with van der Waals surface area (Å²) in [6, 6.07) is 5.93. The van der Waals surface area contributed by atoms with Crippen molar-refractivity contribution in [2.24, 2.45) is 16.6 Å². The quantitative estimate of drug-likeness (QED) is 0.650. The Bertz CT molecular complexity index is 439. The first-order chi connectivity index (χ1) is 8.65. The Morgan fingerprint density at radius 3 is 2.89 bits per heavy atom. The van der Waals surface area contributed by atoms with Crippen LogP contribution < -0.4 is 11.1 Å². The molecule has 98 valence electrons. The fourth-order valence-corrected chi connectivity index (χ4v) is 2.10. The van der Waals surface area contributed by atoms with Crippen LogP contribution in [0.5, 0.6) is 0 Å². The van der Waals surface area contributed by atoms with Gasteiger partial charge in [-0.2, -0.15) is 0 Å². The van der Waals surface area contributed by atoms with Crippen LogP contribution in [0.1, 0.15) is 30.4 Å². The van der Waals surface area contributed by atoms with E-state index in [9.17, 15) is 0 Å². The molecule has 0 bridgehead atoms. The molecule has 3 nitrogen and oxygen atoms in total. The minimum Gasteiger partial charge on any atom is -0.370 e. The molecular weight excluding hydrogens is 246 g/mol. The Morgan fingerprint density at radius 2 is 2.28 bits per heavy atom. The fourth-order valence-electron chi connectivity index (χ4n) is 1.98. The predicted octanol–water partition coefficient (Wildman–Crippen LogP) is 2.85. The second-order valence-corrected chi connectivity index (χ2v) is 5.37. The number of hydrogen-bond donors (Lipinski definition) is 2. The maximum absolute atomic E-state index is 5.98. The molecule has 1 aromatic carbocycles. The van der Waals surface area contributed by atoms with Gasteiger partial charge in [0.05, 0.1) is 6.54 Å². The van der Waals surface area contributed by atoms with Crippen LogP contribution in [0.3, 0.4) is 0 Å². The molecule has 1 saturated carbocycles. The lowest BCUT2D eigenvalue weighted by atomic mass is 9.85. The molecule has 0 unspecified atom stereocenters. The Balaban J connectivity index is 1.82. The van der Waals surface area contributed by atoms with Crippen molar-refractivity contribution in [1.29, 1.82) is 0 Å². The molecule has 1 aliphatic rings. The Labute approximate surface area is 113 Å². The summed E-state index contributed by atoms with van der Waals surface area (Å²) in [5.41, 5.74) is 8.03. The van der Waals surface area contributed by atoms with Crippen molar-refractivity contribution >= 4 is 17.6 Å². The van der Waals surface area contributed by atoms with Crippen molar-refractivity contribution in [1.82, 2.24) is 5.32 Å². The first-order valence-corrected chi connectivity index (χ1v) is 6.82. The first-order valence-electron chi connectivity index (χ1n) is 6.44. The van der Waals surface area contributed by atoms with E-state index >= 15 is 0 Å². The zero-order valence-corrected chi connectivity index (χ0v) is 11.5.